The van der Waals surface area contributed by atoms with Crippen molar-refractivity contribution in [2.45, 2.75) is 57.3 Å². The topological polar surface area (TPSA) is 15.3 Å². The summed E-state index contributed by atoms with van der Waals surface area (Å²) in [4.78, 5) is 1.52. The largest absolute Gasteiger partial charge is 0.401 e. The fraction of sp³-hybridized carbons (Fsp3) is 1.00. The zero-order chi connectivity index (χ0) is 13.2. The highest BCUT2D eigenvalue weighted by Crippen LogP contribution is 2.35. The molecule has 0 radical (unpaired) electrons. The highest BCUT2D eigenvalue weighted by Gasteiger charge is 2.38. The summed E-state index contributed by atoms with van der Waals surface area (Å²) >= 11 is 0. The number of rotatable bonds is 5. The van der Waals surface area contributed by atoms with Crippen molar-refractivity contribution in [2.75, 3.05) is 19.6 Å². The highest BCUT2D eigenvalue weighted by molar-refractivity contribution is 4.95. The normalized spacial score (nSPS) is 30.7. The van der Waals surface area contributed by atoms with Gasteiger partial charge in [-0.15, -0.1) is 0 Å². The monoisotopic (exact) mass is 264 g/mol. The van der Waals surface area contributed by atoms with Crippen molar-refractivity contribution in [3.8, 4) is 0 Å². The van der Waals surface area contributed by atoms with Gasteiger partial charge in [0.25, 0.3) is 0 Å². The van der Waals surface area contributed by atoms with Gasteiger partial charge < -0.3 is 5.32 Å². The minimum absolute atomic E-state index is 0.432. The van der Waals surface area contributed by atoms with E-state index in [1.807, 2.05) is 0 Å². The summed E-state index contributed by atoms with van der Waals surface area (Å²) in [6.07, 6.45) is 1.42. The molecule has 1 aliphatic carbocycles. The van der Waals surface area contributed by atoms with Crippen molar-refractivity contribution in [3.63, 3.8) is 0 Å². The third-order valence-corrected chi connectivity index (χ3v) is 4.02. The van der Waals surface area contributed by atoms with E-state index < -0.39 is 12.7 Å². The molecule has 0 spiro atoms. The molecule has 1 heterocycles. The van der Waals surface area contributed by atoms with Crippen molar-refractivity contribution >= 4 is 0 Å². The van der Waals surface area contributed by atoms with Gasteiger partial charge in [0.1, 0.15) is 0 Å². The molecule has 5 heteroatoms. The number of alkyl halides is 3. The fourth-order valence-corrected chi connectivity index (χ4v) is 2.96. The van der Waals surface area contributed by atoms with Crippen LogP contribution in [0.15, 0.2) is 0 Å². The zero-order valence-electron chi connectivity index (χ0n) is 11.0. The van der Waals surface area contributed by atoms with E-state index in [1.54, 1.807) is 0 Å². The summed E-state index contributed by atoms with van der Waals surface area (Å²) in [5.41, 5.74) is 0. The summed E-state index contributed by atoms with van der Waals surface area (Å²) in [6, 6.07) is 1.07. The van der Waals surface area contributed by atoms with E-state index in [0.29, 0.717) is 25.2 Å². The number of hydrogen-bond donors (Lipinski definition) is 1. The Morgan fingerprint density at radius 2 is 1.89 bits per heavy atom. The Morgan fingerprint density at radius 3 is 2.44 bits per heavy atom. The zero-order valence-corrected chi connectivity index (χ0v) is 11.0. The number of hydrogen-bond acceptors (Lipinski definition) is 2. The highest BCUT2D eigenvalue weighted by atomic mass is 19.4. The molecule has 2 atom stereocenters. The van der Waals surface area contributed by atoms with Crippen LogP contribution in [-0.2, 0) is 0 Å². The van der Waals surface area contributed by atoms with Crippen LogP contribution in [0.5, 0.6) is 0 Å². The third kappa shape index (κ3) is 4.43. The molecule has 0 bridgehead atoms. The van der Waals surface area contributed by atoms with Crippen LogP contribution in [0.25, 0.3) is 0 Å². The van der Waals surface area contributed by atoms with Crippen molar-refractivity contribution in [2.24, 2.45) is 5.92 Å². The van der Waals surface area contributed by atoms with E-state index in [2.05, 4.69) is 12.2 Å². The first kappa shape index (κ1) is 14.1. The van der Waals surface area contributed by atoms with E-state index in [-0.39, 0.29) is 0 Å². The number of nitrogens with zero attached hydrogens (tertiary/aromatic N) is 1. The lowest BCUT2D eigenvalue weighted by atomic mass is 10.0. The molecule has 2 rings (SSSR count). The Hall–Kier alpha value is -0.290. The molecule has 0 aromatic rings. The molecule has 106 valence electrons. The van der Waals surface area contributed by atoms with Gasteiger partial charge >= 0.3 is 6.18 Å². The van der Waals surface area contributed by atoms with Gasteiger partial charge in [0.05, 0.1) is 6.54 Å². The Labute approximate surface area is 107 Å². The number of nitrogens with one attached hydrogen (secondary N) is 1. The fourth-order valence-electron chi connectivity index (χ4n) is 2.96. The molecule has 2 aliphatic rings. The average Bonchev–Trinajstić information content (AvgIpc) is 2.98. The maximum atomic E-state index is 12.2. The Kier molecular flexibility index (Phi) is 4.54. The van der Waals surface area contributed by atoms with Crippen LogP contribution in [0.2, 0.25) is 0 Å². The quantitative estimate of drug-likeness (QED) is 0.821. The summed E-state index contributed by atoms with van der Waals surface area (Å²) < 4.78 is 36.7. The lowest BCUT2D eigenvalue weighted by molar-refractivity contribution is -0.148. The van der Waals surface area contributed by atoms with Crippen LogP contribution < -0.4 is 5.32 Å². The first-order valence-electron chi connectivity index (χ1n) is 7.03. The minimum atomic E-state index is -4.05. The SMILES string of the molecule is CCCC1CC1NC1CCN(CC(F)(F)F)CC1. The maximum Gasteiger partial charge on any atom is 0.401 e. The first-order valence-corrected chi connectivity index (χ1v) is 7.03. The molecule has 18 heavy (non-hydrogen) atoms. The lowest BCUT2D eigenvalue weighted by Crippen LogP contribution is -2.46. The third-order valence-electron chi connectivity index (χ3n) is 4.02. The van der Waals surface area contributed by atoms with E-state index in [0.717, 1.165) is 18.8 Å². The molecule has 0 amide bonds. The second-order valence-electron chi connectivity index (χ2n) is 5.72. The molecule has 1 saturated heterocycles. The van der Waals surface area contributed by atoms with Crippen LogP contribution in [-0.4, -0.2) is 42.8 Å². The number of likely N-dealkylation sites (tertiary alicyclic amines) is 1. The van der Waals surface area contributed by atoms with Crippen molar-refractivity contribution in [3.05, 3.63) is 0 Å². The van der Waals surface area contributed by atoms with Gasteiger partial charge in [0.2, 0.25) is 0 Å². The van der Waals surface area contributed by atoms with E-state index in [9.17, 15) is 13.2 Å². The minimum Gasteiger partial charge on any atom is -0.311 e. The van der Waals surface area contributed by atoms with Gasteiger partial charge in [-0.25, -0.2) is 0 Å². The van der Waals surface area contributed by atoms with E-state index in [1.165, 1.54) is 24.2 Å². The predicted octanol–water partition coefficient (Wildman–Crippen LogP) is 2.79. The summed E-state index contributed by atoms with van der Waals surface area (Å²) in [5.74, 6) is 0.822. The van der Waals surface area contributed by atoms with Crippen LogP contribution in [0.3, 0.4) is 0 Å². The molecule has 1 saturated carbocycles. The first-order chi connectivity index (χ1) is 8.48. The Morgan fingerprint density at radius 1 is 1.22 bits per heavy atom. The van der Waals surface area contributed by atoms with Crippen LogP contribution in [0, 0.1) is 5.92 Å². The summed E-state index contributed by atoms with van der Waals surface area (Å²) in [7, 11) is 0. The van der Waals surface area contributed by atoms with Gasteiger partial charge in [-0.3, -0.25) is 4.90 Å². The second-order valence-corrected chi connectivity index (χ2v) is 5.72. The maximum absolute atomic E-state index is 12.2. The van der Waals surface area contributed by atoms with Gasteiger partial charge in [-0.2, -0.15) is 13.2 Å². The lowest BCUT2D eigenvalue weighted by Gasteiger charge is -2.33. The number of halogens is 3. The molecule has 2 unspecified atom stereocenters. The van der Waals surface area contributed by atoms with Crippen LogP contribution >= 0.6 is 0 Å². The molecule has 2 fully saturated rings. The smallest absolute Gasteiger partial charge is 0.311 e. The van der Waals surface area contributed by atoms with Gasteiger partial charge in [0, 0.05) is 12.1 Å². The van der Waals surface area contributed by atoms with Gasteiger partial charge in [-0.05, 0) is 44.7 Å². The van der Waals surface area contributed by atoms with Crippen LogP contribution in [0.1, 0.15) is 39.0 Å². The van der Waals surface area contributed by atoms with E-state index >= 15 is 0 Å². The van der Waals surface area contributed by atoms with Crippen molar-refractivity contribution in [1.29, 1.82) is 0 Å². The summed E-state index contributed by atoms with van der Waals surface area (Å²) in [6.45, 7) is 2.59. The Balaban J connectivity index is 1.62. The molecule has 0 aromatic carbocycles. The van der Waals surface area contributed by atoms with Gasteiger partial charge in [-0.1, -0.05) is 13.3 Å². The molecular weight excluding hydrogens is 241 g/mol. The van der Waals surface area contributed by atoms with Gasteiger partial charge in [0.15, 0.2) is 0 Å². The second kappa shape index (κ2) is 5.78. The molecule has 1 N–H and O–H groups in total. The summed E-state index contributed by atoms with van der Waals surface area (Å²) in [5, 5.41) is 3.60. The van der Waals surface area contributed by atoms with Crippen LogP contribution in [0.4, 0.5) is 13.2 Å². The molecule has 2 nitrogen and oxygen atoms in total. The Bertz CT molecular complexity index is 259. The standard InChI is InChI=1S/C13H23F3N2/c1-2-3-10-8-12(10)17-11-4-6-18(7-5-11)9-13(14,15)16/h10-12,17H,2-9H2,1H3. The molecular formula is C13H23F3N2. The molecule has 0 aromatic heterocycles. The average molecular weight is 264 g/mol. The van der Waals surface area contributed by atoms with Crippen molar-refractivity contribution < 1.29 is 13.2 Å². The predicted molar refractivity (Wildman–Crippen MR) is 65.5 cm³/mol. The molecule has 1 aliphatic heterocycles. The van der Waals surface area contributed by atoms with Crippen molar-refractivity contribution in [1.82, 2.24) is 10.2 Å². The van der Waals surface area contributed by atoms with E-state index in [4.69, 9.17) is 0 Å². The number of piperidine rings is 1.